The van der Waals surface area contributed by atoms with Gasteiger partial charge in [0.05, 0.1) is 0 Å². The van der Waals surface area contributed by atoms with Crippen molar-refractivity contribution in [2.45, 2.75) is 310 Å². The van der Waals surface area contributed by atoms with Crippen LogP contribution >= 0.6 is 0 Å². The third-order valence-electron chi connectivity index (χ3n) is 13.0. The zero-order chi connectivity index (χ0) is 40.4. The molecule has 0 amide bonds. The van der Waals surface area contributed by atoms with E-state index in [1.807, 2.05) is 0 Å². The van der Waals surface area contributed by atoms with E-state index in [9.17, 15) is 5.26 Å². The van der Waals surface area contributed by atoms with Crippen molar-refractivity contribution in [1.29, 1.82) is 0 Å². The Morgan fingerprint density at radius 2 is 0.518 bits per heavy atom. The molecule has 330 valence electrons. The van der Waals surface area contributed by atoms with E-state index in [-0.39, 0.29) is 0 Å². The van der Waals surface area contributed by atoms with Gasteiger partial charge in [-0.05, 0) is 74.1 Å². The summed E-state index contributed by atoms with van der Waals surface area (Å²) in [7, 11) is 0. The second-order valence-electron chi connectivity index (χ2n) is 18.3. The summed E-state index contributed by atoms with van der Waals surface area (Å²) < 4.78 is 0. The lowest BCUT2D eigenvalue weighted by atomic mass is 9.85. The summed E-state index contributed by atoms with van der Waals surface area (Å²) in [5, 5.41) is 10.4. The van der Waals surface area contributed by atoms with E-state index >= 15 is 0 Å². The first-order valence-corrected chi connectivity index (χ1v) is 26.2. The number of rotatable bonds is 45. The van der Waals surface area contributed by atoms with Crippen LogP contribution in [-0.2, 0) is 25.7 Å². The molecule has 2 nitrogen and oxygen atoms in total. The van der Waals surface area contributed by atoms with Crippen LogP contribution in [-0.4, -0.2) is 5.26 Å². The summed E-state index contributed by atoms with van der Waals surface area (Å²) in [5.41, 5.74) is 6.11. The predicted molar refractivity (Wildman–Crippen MR) is 252 cm³/mol. The lowest BCUT2D eigenvalue weighted by Crippen LogP contribution is -2.09. The summed E-state index contributed by atoms with van der Waals surface area (Å²) in [6, 6.07) is 2.30. The third kappa shape index (κ3) is 30.1. The minimum atomic E-state index is 0.789. The number of hydrogen-bond donors (Lipinski definition) is 1. The molecule has 0 bridgehead atoms. The summed E-state index contributed by atoms with van der Waals surface area (Å²) in [6.45, 7) is 9.25. The van der Waals surface area contributed by atoms with Crippen LogP contribution in [0.25, 0.3) is 0 Å². The second-order valence-corrected chi connectivity index (χ2v) is 18.3. The van der Waals surface area contributed by atoms with Crippen LogP contribution in [0.1, 0.15) is 307 Å². The zero-order valence-electron chi connectivity index (χ0n) is 39.0. The van der Waals surface area contributed by atoms with E-state index in [2.05, 4.69) is 33.8 Å². The standard InChI is InChI=1S/C54H102O2/c1-5-9-13-17-21-25-29-33-37-41-45-50-49-54(56-55)53(48-44-40-36-32-28-24-20-16-12-8-4)52(47-43-39-35-31-27-23-19-15-11-7-3)51(50)46-42-38-34-30-26-22-18-14-10-6-2/h49,55H,5-48H2,1-4H3. The van der Waals surface area contributed by atoms with Crippen molar-refractivity contribution in [3.63, 3.8) is 0 Å². The first kappa shape index (κ1) is 53.0. The fraction of sp³-hybridized carbons (Fsp3) is 0.889. The fourth-order valence-electron chi connectivity index (χ4n) is 9.22. The molecular formula is C54H102O2. The average Bonchev–Trinajstić information content (AvgIpc) is 3.21. The second kappa shape index (κ2) is 42.1. The molecule has 0 saturated heterocycles. The molecule has 0 spiro atoms. The van der Waals surface area contributed by atoms with Crippen LogP contribution in [0.3, 0.4) is 0 Å². The van der Waals surface area contributed by atoms with Gasteiger partial charge in [0.1, 0.15) is 0 Å². The highest BCUT2D eigenvalue weighted by Gasteiger charge is 2.19. The van der Waals surface area contributed by atoms with Crippen molar-refractivity contribution in [2.24, 2.45) is 0 Å². The maximum Gasteiger partial charge on any atom is 0.168 e. The number of unbranched alkanes of at least 4 members (excludes halogenated alkanes) is 36. The van der Waals surface area contributed by atoms with Crippen LogP contribution in [0.4, 0.5) is 0 Å². The van der Waals surface area contributed by atoms with Gasteiger partial charge in [0, 0.05) is 5.56 Å². The first-order chi connectivity index (χ1) is 27.7. The average molecular weight is 783 g/mol. The summed E-state index contributed by atoms with van der Waals surface area (Å²) in [6.07, 6.45) is 59.7. The molecule has 1 N–H and O–H groups in total. The Kier molecular flexibility index (Phi) is 39.9. The molecule has 2 heteroatoms. The topological polar surface area (TPSA) is 29.5 Å². The molecule has 0 unspecified atom stereocenters. The van der Waals surface area contributed by atoms with Gasteiger partial charge in [0.15, 0.2) is 5.75 Å². The van der Waals surface area contributed by atoms with E-state index in [0.29, 0.717) is 0 Å². The maximum atomic E-state index is 10.4. The van der Waals surface area contributed by atoms with Gasteiger partial charge >= 0.3 is 0 Å². The highest BCUT2D eigenvalue weighted by molar-refractivity contribution is 5.50. The third-order valence-corrected chi connectivity index (χ3v) is 13.0. The number of hydrogen-bond acceptors (Lipinski definition) is 2. The molecule has 56 heavy (non-hydrogen) atoms. The predicted octanol–water partition coefficient (Wildman–Crippen LogP) is 19.4. The summed E-state index contributed by atoms with van der Waals surface area (Å²) >= 11 is 0. The van der Waals surface area contributed by atoms with Crippen molar-refractivity contribution in [3.05, 3.63) is 28.3 Å². The smallest absolute Gasteiger partial charge is 0.168 e. The van der Waals surface area contributed by atoms with Gasteiger partial charge in [0.2, 0.25) is 0 Å². The van der Waals surface area contributed by atoms with Crippen LogP contribution in [0.5, 0.6) is 5.75 Å². The van der Waals surface area contributed by atoms with Gasteiger partial charge in [-0.2, -0.15) is 0 Å². The monoisotopic (exact) mass is 783 g/mol. The largest absolute Gasteiger partial charge is 0.340 e. The molecule has 0 radical (unpaired) electrons. The highest BCUT2D eigenvalue weighted by atomic mass is 17.1. The Morgan fingerprint density at radius 3 is 0.804 bits per heavy atom. The van der Waals surface area contributed by atoms with Gasteiger partial charge < -0.3 is 4.89 Å². The van der Waals surface area contributed by atoms with Gasteiger partial charge in [-0.15, -0.1) is 0 Å². The van der Waals surface area contributed by atoms with Crippen LogP contribution in [0.2, 0.25) is 0 Å². The van der Waals surface area contributed by atoms with Crippen molar-refractivity contribution in [1.82, 2.24) is 0 Å². The molecule has 0 atom stereocenters. The Balaban J connectivity index is 2.98. The van der Waals surface area contributed by atoms with E-state index < -0.39 is 0 Å². The molecule has 0 fully saturated rings. The van der Waals surface area contributed by atoms with Crippen LogP contribution in [0.15, 0.2) is 6.07 Å². The quantitative estimate of drug-likeness (QED) is 0.0406. The van der Waals surface area contributed by atoms with Crippen molar-refractivity contribution in [2.75, 3.05) is 0 Å². The van der Waals surface area contributed by atoms with Gasteiger partial charge in [-0.3, -0.25) is 0 Å². The van der Waals surface area contributed by atoms with Crippen molar-refractivity contribution < 1.29 is 10.1 Å². The molecule has 0 saturated carbocycles. The number of benzene rings is 1. The normalized spacial score (nSPS) is 11.6. The van der Waals surface area contributed by atoms with E-state index in [1.165, 1.54) is 281 Å². The van der Waals surface area contributed by atoms with E-state index in [1.54, 1.807) is 11.1 Å². The van der Waals surface area contributed by atoms with Gasteiger partial charge in [-0.1, -0.05) is 259 Å². The SMILES string of the molecule is CCCCCCCCCCCCc1cc(OO)c(CCCCCCCCCCCC)c(CCCCCCCCCCCC)c1CCCCCCCCCCCC. The molecule has 0 aliphatic rings. The minimum absolute atomic E-state index is 0.789. The fourth-order valence-corrected chi connectivity index (χ4v) is 9.22. The van der Waals surface area contributed by atoms with Crippen molar-refractivity contribution in [3.8, 4) is 5.75 Å². The van der Waals surface area contributed by atoms with Crippen LogP contribution in [0, 0.1) is 0 Å². The molecule has 1 aromatic carbocycles. The maximum absolute atomic E-state index is 10.4. The Labute approximate surface area is 353 Å². The van der Waals surface area contributed by atoms with E-state index in [4.69, 9.17) is 4.89 Å². The molecule has 1 rings (SSSR count). The zero-order valence-corrected chi connectivity index (χ0v) is 39.0. The molecular weight excluding hydrogens is 681 g/mol. The summed E-state index contributed by atoms with van der Waals surface area (Å²) in [5.74, 6) is 0.789. The van der Waals surface area contributed by atoms with Gasteiger partial charge in [-0.25, -0.2) is 5.26 Å². The highest BCUT2D eigenvalue weighted by Crippen LogP contribution is 2.35. The molecule has 0 aliphatic heterocycles. The van der Waals surface area contributed by atoms with Crippen LogP contribution < -0.4 is 4.89 Å². The molecule has 1 aromatic rings. The Bertz CT molecular complexity index is 937. The first-order valence-electron chi connectivity index (χ1n) is 26.2. The molecule has 0 aliphatic carbocycles. The van der Waals surface area contributed by atoms with Gasteiger partial charge in [0.25, 0.3) is 0 Å². The Hall–Kier alpha value is -1.02. The Morgan fingerprint density at radius 1 is 0.286 bits per heavy atom. The summed E-state index contributed by atoms with van der Waals surface area (Å²) in [4.78, 5) is 5.33. The lowest BCUT2D eigenvalue weighted by Gasteiger charge is -2.22. The van der Waals surface area contributed by atoms with E-state index in [0.717, 1.165) is 18.6 Å². The lowest BCUT2D eigenvalue weighted by molar-refractivity contribution is -0.138. The molecule has 0 aromatic heterocycles. The number of aryl methyl sites for hydroxylation is 1. The molecule has 0 heterocycles. The van der Waals surface area contributed by atoms with Crippen molar-refractivity contribution >= 4 is 0 Å². The minimum Gasteiger partial charge on any atom is -0.340 e.